The van der Waals surface area contributed by atoms with Gasteiger partial charge in [0, 0.05) is 11.1 Å². The lowest BCUT2D eigenvalue weighted by Crippen LogP contribution is -2.54. The van der Waals surface area contributed by atoms with Crippen molar-refractivity contribution in [3.05, 3.63) is 29.6 Å². The van der Waals surface area contributed by atoms with E-state index in [1.807, 2.05) is 0 Å². The number of hydrogen-bond acceptors (Lipinski definition) is 4. The zero-order valence-electron chi connectivity index (χ0n) is 13.0. The smallest absolute Gasteiger partial charge is 0.123 e. The van der Waals surface area contributed by atoms with Gasteiger partial charge in [0.05, 0.1) is 13.2 Å². The van der Waals surface area contributed by atoms with Crippen molar-refractivity contribution in [2.45, 2.75) is 39.3 Å². The average Bonchev–Trinajstić information content (AvgIpc) is 2.40. The van der Waals surface area contributed by atoms with Gasteiger partial charge in [-0.05, 0) is 45.1 Å². The molecule has 5 heteroatoms. The quantitative estimate of drug-likeness (QED) is 0.596. The molecule has 1 aromatic carbocycles. The summed E-state index contributed by atoms with van der Waals surface area (Å²) < 4.78 is 18.9. The standard InChI is InChI=1S/C15H26FN3O/c1-6-19(7-2)15(3,4)14(18-17)12-10-11(16)8-9-13(12)20-5/h8-10,14,18H,6-7,17H2,1-5H3. The molecule has 1 atom stereocenters. The SMILES string of the molecule is CCN(CC)C(C)(C)C(NN)c1cc(F)ccc1OC. The van der Waals surface area contributed by atoms with Gasteiger partial charge >= 0.3 is 0 Å². The van der Waals surface area contributed by atoms with E-state index in [1.54, 1.807) is 13.2 Å². The number of nitrogens with two attached hydrogens (primary N) is 1. The molecule has 20 heavy (non-hydrogen) atoms. The van der Waals surface area contributed by atoms with Crippen LogP contribution >= 0.6 is 0 Å². The van der Waals surface area contributed by atoms with Crippen LogP contribution in [0.25, 0.3) is 0 Å². The Morgan fingerprint density at radius 1 is 1.35 bits per heavy atom. The van der Waals surface area contributed by atoms with Crippen LogP contribution in [0, 0.1) is 5.82 Å². The van der Waals surface area contributed by atoms with Gasteiger partial charge in [0.1, 0.15) is 11.6 Å². The second-order valence-electron chi connectivity index (χ2n) is 5.31. The molecule has 0 radical (unpaired) electrons. The summed E-state index contributed by atoms with van der Waals surface area (Å²) in [5.41, 5.74) is 3.27. The van der Waals surface area contributed by atoms with E-state index in [0.29, 0.717) is 5.75 Å². The molecule has 3 N–H and O–H groups in total. The fraction of sp³-hybridized carbons (Fsp3) is 0.600. The van der Waals surface area contributed by atoms with Crippen LogP contribution in [0.3, 0.4) is 0 Å². The minimum atomic E-state index is -0.295. The molecule has 0 heterocycles. The number of benzene rings is 1. The van der Waals surface area contributed by atoms with Crippen molar-refractivity contribution in [2.24, 2.45) is 5.84 Å². The third-order valence-electron chi connectivity index (χ3n) is 3.95. The molecule has 0 aliphatic rings. The van der Waals surface area contributed by atoms with Crippen molar-refractivity contribution in [2.75, 3.05) is 20.2 Å². The molecular formula is C15H26FN3O. The minimum absolute atomic E-state index is 0.243. The number of hydrogen-bond donors (Lipinski definition) is 2. The van der Waals surface area contributed by atoms with Crippen LogP contribution in [-0.4, -0.2) is 30.6 Å². The Morgan fingerprint density at radius 3 is 2.40 bits per heavy atom. The topological polar surface area (TPSA) is 50.5 Å². The largest absolute Gasteiger partial charge is 0.496 e. The molecule has 0 saturated carbocycles. The lowest BCUT2D eigenvalue weighted by molar-refractivity contribution is 0.0900. The lowest BCUT2D eigenvalue weighted by Gasteiger charge is -2.43. The number of methoxy groups -OCH3 is 1. The molecule has 0 amide bonds. The molecule has 1 aromatic rings. The molecule has 0 bridgehead atoms. The maximum Gasteiger partial charge on any atom is 0.123 e. The first-order valence-corrected chi connectivity index (χ1v) is 6.96. The van der Waals surface area contributed by atoms with Crippen LogP contribution in [0.1, 0.15) is 39.3 Å². The molecule has 0 spiro atoms. The first-order chi connectivity index (χ1) is 9.42. The highest BCUT2D eigenvalue weighted by Gasteiger charge is 2.36. The maximum absolute atomic E-state index is 13.6. The number of hydrazine groups is 1. The highest BCUT2D eigenvalue weighted by Crippen LogP contribution is 2.35. The Bertz CT molecular complexity index is 433. The number of nitrogens with one attached hydrogen (secondary N) is 1. The lowest BCUT2D eigenvalue weighted by atomic mass is 9.86. The molecule has 4 nitrogen and oxygen atoms in total. The van der Waals surface area contributed by atoms with Gasteiger partial charge in [-0.3, -0.25) is 16.2 Å². The summed E-state index contributed by atoms with van der Waals surface area (Å²) in [6, 6.07) is 4.26. The van der Waals surface area contributed by atoms with Gasteiger partial charge in [-0.1, -0.05) is 13.8 Å². The Kier molecular flexibility index (Phi) is 5.92. The van der Waals surface area contributed by atoms with E-state index in [4.69, 9.17) is 10.6 Å². The van der Waals surface area contributed by atoms with Gasteiger partial charge in [-0.2, -0.15) is 0 Å². The summed E-state index contributed by atoms with van der Waals surface area (Å²) in [7, 11) is 1.58. The fourth-order valence-electron chi connectivity index (χ4n) is 2.83. The van der Waals surface area contributed by atoms with Crippen LogP contribution in [0.4, 0.5) is 4.39 Å². The Morgan fingerprint density at radius 2 is 1.95 bits per heavy atom. The van der Waals surface area contributed by atoms with E-state index < -0.39 is 0 Å². The van der Waals surface area contributed by atoms with Crippen molar-refractivity contribution in [3.63, 3.8) is 0 Å². The monoisotopic (exact) mass is 283 g/mol. The molecule has 0 aliphatic heterocycles. The summed E-state index contributed by atoms with van der Waals surface area (Å²) in [6.45, 7) is 10.2. The Labute approximate surface area is 121 Å². The molecule has 1 unspecified atom stereocenters. The fourth-order valence-corrected chi connectivity index (χ4v) is 2.83. The summed E-state index contributed by atoms with van der Waals surface area (Å²) in [5.74, 6) is 6.10. The van der Waals surface area contributed by atoms with Gasteiger partial charge in [0.2, 0.25) is 0 Å². The van der Waals surface area contributed by atoms with E-state index in [-0.39, 0.29) is 17.4 Å². The van der Waals surface area contributed by atoms with Crippen molar-refractivity contribution in [1.29, 1.82) is 0 Å². The van der Waals surface area contributed by atoms with E-state index in [2.05, 4.69) is 38.0 Å². The van der Waals surface area contributed by atoms with Crippen molar-refractivity contribution in [1.82, 2.24) is 10.3 Å². The molecule has 0 fully saturated rings. The van der Waals surface area contributed by atoms with Crippen LogP contribution in [0.2, 0.25) is 0 Å². The van der Waals surface area contributed by atoms with Gasteiger partial charge in [-0.25, -0.2) is 4.39 Å². The predicted molar refractivity (Wildman–Crippen MR) is 80.0 cm³/mol. The van der Waals surface area contributed by atoms with Gasteiger partial charge < -0.3 is 4.74 Å². The first kappa shape index (κ1) is 16.9. The Hall–Kier alpha value is -1.17. The van der Waals surface area contributed by atoms with E-state index >= 15 is 0 Å². The van der Waals surface area contributed by atoms with E-state index in [0.717, 1.165) is 18.7 Å². The zero-order chi connectivity index (χ0) is 15.3. The van der Waals surface area contributed by atoms with Crippen molar-refractivity contribution in [3.8, 4) is 5.75 Å². The third-order valence-corrected chi connectivity index (χ3v) is 3.95. The second kappa shape index (κ2) is 7.02. The van der Waals surface area contributed by atoms with Gasteiger partial charge in [-0.15, -0.1) is 0 Å². The third kappa shape index (κ3) is 3.29. The highest BCUT2D eigenvalue weighted by molar-refractivity contribution is 5.38. The zero-order valence-corrected chi connectivity index (χ0v) is 13.0. The molecule has 1 rings (SSSR count). The molecule has 114 valence electrons. The van der Waals surface area contributed by atoms with Crippen LogP contribution in [0.15, 0.2) is 18.2 Å². The number of rotatable bonds is 7. The molecule has 0 aliphatic carbocycles. The molecule has 0 aromatic heterocycles. The van der Waals surface area contributed by atoms with Crippen LogP contribution < -0.4 is 16.0 Å². The highest BCUT2D eigenvalue weighted by atomic mass is 19.1. The van der Waals surface area contributed by atoms with E-state index in [1.165, 1.54) is 12.1 Å². The maximum atomic E-state index is 13.6. The predicted octanol–water partition coefficient (Wildman–Crippen LogP) is 2.46. The number of ether oxygens (including phenoxy) is 1. The second-order valence-corrected chi connectivity index (χ2v) is 5.31. The van der Waals surface area contributed by atoms with Gasteiger partial charge in [0.15, 0.2) is 0 Å². The summed E-state index contributed by atoms with van der Waals surface area (Å²) in [4.78, 5) is 2.28. The van der Waals surface area contributed by atoms with Crippen LogP contribution in [0.5, 0.6) is 5.75 Å². The summed E-state index contributed by atoms with van der Waals surface area (Å²) in [6.07, 6.45) is 0. The van der Waals surface area contributed by atoms with Gasteiger partial charge in [0.25, 0.3) is 0 Å². The first-order valence-electron chi connectivity index (χ1n) is 6.96. The normalized spacial score (nSPS) is 13.6. The number of nitrogens with zero attached hydrogens (tertiary/aromatic N) is 1. The van der Waals surface area contributed by atoms with Crippen LogP contribution in [-0.2, 0) is 0 Å². The van der Waals surface area contributed by atoms with Crippen molar-refractivity contribution < 1.29 is 9.13 Å². The molecule has 0 saturated heterocycles. The van der Waals surface area contributed by atoms with E-state index in [9.17, 15) is 4.39 Å². The molecular weight excluding hydrogens is 257 g/mol. The number of halogens is 1. The summed E-state index contributed by atoms with van der Waals surface area (Å²) >= 11 is 0. The van der Waals surface area contributed by atoms with Crippen molar-refractivity contribution >= 4 is 0 Å². The summed E-state index contributed by atoms with van der Waals surface area (Å²) in [5, 5.41) is 0. The average molecular weight is 283 g/mol. The number of likely N-dealkylation sites (N-methyl/N-ethyl adjacent to an activating group) is 1. The minimum Gasteiger partial charge on any atom is -0.496 e. The Balaban J connectivity index is 3.28.